The minimum atomic E-state index is -2.72. The minimum absolute atomic E-state index is 0.0516. The maximum atomic E-state index is 14.4. The molecule has 5 rings (SSSR count). The summed E-state index contributed by atoms with van der Waals surface area (Å²) in [7, 11) is 0. The van der Waals surface area contributed by atoms with Crippen LogP contribution in [-0.2, 0) is 19.8 Å². The van der Waals surface area contributed by atoms with Crippen LogP contribution in [-0.4, -0.2) is 89.2 Å². The van der Waals surface area contributed by atoms with Crippen molar-refractivity contribution in [2.24, 2.45) is 11.3 Å². The number of rotatable bonds is 5. The first-order valence-corrected chi connectivity index (χ1v) is 17.2. The number of benzene rings is 1. The van der Waals surface area contributed by atoms with Gasteiger partial charge in [0.2, 0.25) is 23.6 Å². The highest BCUT2D eigenvalue weighted by atomic mass is 35.5. The van der Waals surface area contributed by atoms with E-state index in [0.717, 1.165) is 24.1 Å². The zero-order valence-electron chi connectivity index (χ0n) is 27.9. The summed E-state index contributed by atoms with van der Waals surface area (Å²) in [5, 5.41) is 0.679. The molecule has 4 aliphatic rings. The highest BCUT2D eigenvalue weighted by Gasteiger charge is 2.50. The minimum Gasteiger partial charge on any atom is -0.370 e. The van der Waals surface area contributed by atoms with Gasteiger partial charge in [0.15, 0.2) is 0 Å². The Morgan fingerprint density at radius 1 is 0.889 bits per heavy atom. The number of likely N-dealkylation sites (tertiary alicyclic amines) is 2. The second-order valence-corrected chi connectivity index (χ2v) is 16.3. The Bertz CT molecular complexity index is 1280. The van der Waals surface area contributed by atoms with Crippen molar-refractivity contribution in [2.75, 3.05) is 37.6 Å². The third kappa shape index (κ3) is 7.28. The molecule has 250 valence electrons. The summed E-state index contributed by atoms with van der Waals surface area (Å²) < 4.78 is 28.4. The van der Waals surface area contributed by atoms with E-state index in [1.54, 1.807) is 9.80 Å². The highest BCUT2D eigenvalue weighted by Crippen LogP contribution is 2.41. The normalized spacial score (nSPS) is 26.1. The van der Waals surface area contributed by atoms with E-state index in [0.29, 0.717) is 44.0 Å². The number of hydrogen-bond acceptors (Lipinski definition) is 4. The molecule has 3 aliphatic heterocycles. The van der Waals surface area contributed by atoms with Crippen molar-refractivity contribution >= 4 is 35.0 Å². The smallest absolute Gasteiger partial charge is 0.248 e. The molecule has 45 heavy (non-hydrogen) atoms. The van der Waals surface area contributed by atoms with Crippen LogP contribution in [0.25, 0.3) is 0 Å². The van der Waals surface area contributed by atoms with Crippen molar-refractivity contribution in [1.82, 2.24) is 14.7 Å². The summed E-state index contributed by atoms with van der Waals surface area (Å²) in [6.07, 6.45) is 2.83. The lowest BCUT2D eigenvalue weighted by Crippen LogP contribution is -2.54. The van der Waals surface area contributed by atoms with E-state index in [9.17, 15) is 23.2 Å². The molecule has 1 aromatic carbocycles. The fourth-order valence-electron chi connectivity index (χ4n) is 7.76. The molecule has 0 spiro atoms. The molecule has 1 aromatic rings. The molecule has 1 saturated carbocycles. The number of alkyl halides is 2. The molecule has 0 radical (unpaired) electrons. The Morgan fingerprint density at radius 2 is 1.53 bits per heavy atom. The van der Waals surface area contributed by atoms with Crippen LogP contribution < -0.4 is 4.90 Å². The van der Waals surface area contributed by atoms with Gasteiger partial charge in [-0.2, -0.15) is 0 Å². The van der Waals surface area contributed by atoms with Gasteiger partial charge >= 0.3 is 0 Å². The van der Waals surface area contributed by atoms with E-state index in [2.05, 4.69) is 25.7 Å². The zero-order chi connectivity index (χ0) is 32.9. The Labute approximate surface area is 272 Å². The summed E-state index contributed by atoms with van der Waals surface area (Å²) >= 11 is 6.37. The number of nitrogens with zero attached hydrogens (tertiary/aromatic N) is 4. The number of hydrogen-bond donors (Lipinski definition) is 0. The number of carbonyl (C=O) groups excluding carboxylic acids is 3. The van der Waals surface area contributed by atoms with Gasteiger partial charge in [-0.05, 0) is 67.7 Å². The highest BCUT2D eigenvalue weighted by molar-refractivity contribution is 6.30. The van der Waals surface area contributed by atoms with Crippen LogP contribution in [0.4, 0.5) is 14.5 Å². The van der Waals surface area contributed by atoms with Crippen LogP contribution in [0, 0.1) is 11.3 Å². The van der Waals surface area contributed by atoms with Gasteiger partial charge in [-0.1, -0.05) is 53.1 Å². The Hall–Kier alpha value is -2.42. The number of anilines is 1. The quantitative estimate of drug-likeness (QED) is 0.365. The third-order valence-electron chi connectivity index (χ3n) is 10.3. The van der Waals surface area contributed by atoms with Gasteiger partial charge in [0.1, 0.15) is 6.04 Å². The molecular formula is C35H51ClF2N4O3. The van der Waals surface area contributed by atoms with Gasteiger partial charge < -0.3 is 19.6 Å². The van der Waals surface area contributed by atoms with Gasteiger partial charge in [-0.25, -0.2) is 8.78 Å². The van der Waals surface area contributed by atoms with Crippen molar-refractivity contribution in [1.29, 1.82) is 0 Å². The molecule has 1 aliphatic carbocycles. The molecular weight excluding hydrogens is 598 g/mol. The Balaban J connectivity index is 1.41. The average Bonchev–Trinajstić information content (AvgIpc) is 3.74. The molecule has 0 bridgehead atoms. The third-order valence-corrected chi connectivity index (χ3v) is 10.5. The van der Waals surface area contributed by atoms with Gasteiger partial charge in [-0.15, -0.1) is 0 Å². The van der Waals surface area contributed by atoms with Gasteiger partial charge in [0.05, 0.1) is 12.0 Å². The second-order valence-electron chi connectivity index (χ2n) is 15.8. The summed E-state index contributed by atoms with van der Waals surface area (Å²) in [6.45, 7) is 14.9. The molecule has 0 N–H and O–H groups in total. The number of carbonyl (C=O) groups is 3. The van der Waals surface area contributed by atoms with Crippen molar-refractivity contribution in [3.63, 3.8) is 0 Å². The van der Waals surface area contributed by atoms with Crippen LogP contribution in [0.15, 0.2) is 18.2 Å². The first-order valence-electron chi connectivity index (χ1n) is 16.8. The zero-order valence-corrected chi connectivity index (χ0v) is 28.6. The van der Waals surface area contributed by atoms with Crippen LogP contribution >= 0.6 is 11.6 Å². The summed E-state index contributed by atoms with van der Waals surface area (Å²) in [5.41, 5.74) is 1.34. The van der Waals surface area contributed by atoms with E-state index in [4.69, 9.17) is 11.6 Å². The van der Waals surface area contributed by atoms with E-state index < -0.39 is 23.4 Å². The molecule has 7 nitrogen and oxygen atoms in total. The standard InChI is InChI=1S/C35H51ClF2N4O3/c1-33(2,3)27-19-24(36)9-10-28(27)40-18-13-23(21-40)30(43)41-22-26(20-29(41)31(44)39-16-7-8-17-39)42(32(45)34(4,5)6)25-11-14-35(37,38)15-12-25/h9-10,19,23,25-26,29H,7-8,11-18,20-22H2,1-6H3/t23-,26-,29-/m0/s1. The van der Waals surface area contributed by atoms with Crippen LogP contribution in [0.1, 0.15) is 98.5 Å². The molecule has 3 heterocycles. The van der Waals surface area contributed by atoms with Crippen LogP contribution in [0.3, 0.4) is 0 Å². The first-order chi connectivity index (χ1) is 21.0. The fourth-order valence-corrected chi connectivity index (χ4v) is 7.93. The Morgan fingerprint density at radius 3 is 2.13 bits per heavy atom. The van der Waals surface area contributed by atoms with E-state index in [1.807, 2.05) is 43.9 Å². The topological polar surface area (TPSA) is 64.2 Å². The van der Waals surface area contributed by atoms with Crippen LogP contribution in [0.5, 0.6) is 0 Å². The summed E-state index contributed by atoms with van der Waals surface area (Å²) in [4.78, 5) is 49.9. The lowest BCUT2D eigenvalue weighted by atomic mass is 9.85. The maximum absolute atomic E-state index is 14.4. The van der Waals surface area contributed by atoms with Crippen molar-refractivity contribution in [3.05, 3.63) is 28.8 Å². The molecule has 3 saturated heterocycles. The number of halogens is 3. The molecule has 0 unspecified atom stereocenters. The SMILES string of the molecule is CC(C)(C)C(=O)N(C1CCC(F)(F)CC1)[C@H]1C[C@@H](C(=O)N2CCCC2)N(C(=O)[C@H]2CCN(c3ccc(Cl)cc3C(C)(C)C)C2)C1. The largest absolute Gasteiger partial charge is 0.370 e. The summed E-state index contributed by atoms with van der Waals surface area (Å²) in [5.74, 6) is -3.22. The monoisotopic (exact) mass is 648 g/mol. The second kappa shape index (κ2) is 12.6. The van der Waals surface area contributed by atoms with E-state index >= 15 is 0 Å². The fraction of sp³-hybridized carbons (Fsp3) is 0.743. The average molecular weight is 649 g/mol. The predicted molar refractivity (Wildman–Crippen MR) is 174 cm³/mol. The maximum Gasteiger partial charge on any atom is 0.248 e. The number of amides is 3. The van der Waals surface area contributed by atoms with Crippen molar-refractivity contribution in [2.45, 2.75) is 122 Å². The van der Waals surface area contributed by atoms with E-state index in [-0.39, 0.29) is 67.3 Å². The van der Waals surface area contributed by atoms with E-state index in [1.165, 1.54) is 0 Å². The first kappa shape index (κ1) is 33.9. The van der Waals surface area contributed by atoms with Gasteiger partial charge in [0.25, 0.3) is 0 Å². The van der Waals surface area contributed by atoms with Crippen molar-refractivity contribution in [3.8, 4) is 0 Å². The molecule has 3 amide bonds. The van der Waals surface area contributed by atoms with Crippen molar-refractivity contribution < 1.29 is 23.2 Å². The predicted octanol–water partition coefficient (Wildman–Crippen LogP) is 6.51. The Kier molecular flexibility index (Phi) is 9.54. The van der Waals surface area contributed by atoms with Gasteiger partial charge in [-0.3, -0.25) is 14.4 Å². The van der Waals surface area contributed by atoms with Crippen LogP contribution in [0.2, 0.25) is 5.02 Å². The lowest BCUT2D eigenvalue weighted by Gasteiger charge is -2.43. The molecule has 10 heteroatoms. The lowest BCUT2D eigenvalue weighted by molar-refractivity contribution is -0.148. The molecule has 0 aromatic heterocycles. The molecule has 3 atom stereocenters. The summed E-state index contributed by atoms with van der Waals surface area (Å²) in [6, 6.07) is 4.54. The molecule has 4 fully saturated rings. The van der Waals surface area contributed by atoms with Gasteiger partial charge in [0, 0.05) is 67.7 Å².